The molecule has 3 heteroatoms. The van der Waals surface area contributed by atoms with E-state index in [2.05, 4.69) is 34.1 Å². The molecule has 0 aliphatic heterocycles. The molecule has 0 bridgehead atoms. The van der Waals surface area contributed by atoms with E-state index in [1.807, 2.05) is 19.9 Å². The molecule has 0 unspecified atom stereocenters. The van der Waals surface area contributed by atoms with Gasteiger partial charge in [0.05, 0.1) is 11.5 Å². The maximum absolute atomic E-state index is 9.08. The maximum atomic E-state index is 9.08. The molecule has 0 heterocycles. The third kappa shape index (κ3) is 2.80. The first-order valence-corrected chi connectivity index (χ1v) is 5.96. The van der Waals surface area contributed by atoms with Crippen molar-refractivity contribution < 1.29 is 0 Å². The molecule has 1 aromatic rings. The Morgan fingerprint density at radius 2 is 1.93 bits per heavy atom. The van der Waals surface area contributed by atoms with Gasteiger partial charge >= 0.3 is 0 Å². The molecule has 0 atom stereocenters. The van der Waals surface area contributed by atoms with Gasteiger partial charge in [-0.2, -0.15) is 5.26 Å². The number of benzene rings is 1. The van der Waals surface area contributed by atoms with E-state index in [0.29, 0.717) is 6.54 Å². The van der Waals surface area contributed by atoms with Gasteiger partial charge < -0.3 is 5.73 Å². The van der Waals surface area contributed by atoms with E-state index in [1.165, 1.54) is 0 Å². The minimum Gasteiger partial charge on any atom is -0.326 e. The Morgan fingerprint density at radius 1 is 1.33 bits per heavy atom. The van der Waals surface area contributed by atoms with Gasteiger partial charge in [0.25, 0.3) is 0 Å². The van der Waals surface area contributed by atoms with Crippen molar-refractivity contribution in [1.29, 1.82) is 5.26 Å². The predicted molar refractivity (Wildman–Crippen MR) is 65.6 cm³/mol. The molecule has 2 nitrogen and oxygen atoms in total. The summed E-state index contributed by atoms with van der Waals surface area (Å²) >= 11 is 3.42. The van der Waals surface area contributed by atoms with E-state index < -0.39 is 5.41 Å². The second-order valence-corrected chi connectivity index (χ2v) is 4.67. The average molecular weight is 267 g/mol. The van der Waals surface area contributed by atoms with Crippen LogP contribution in [0.2, 0.25) is 0 Å². The summed E-state index contributed by atoms with van der Waals surface area (Å²) in [6.45, 7) is 4.34. The number of nitrogens with zero attached hydrogens (tertiary/aromatic N) is 1. The SMILES string of the molecule is CC(C)(C#N)c1cc(CN)cc(CBr)c1. The number of rotatable bonds is 3. The molecule has 1 aromatic carbocycles. The van der Waals surface area contributed by atoms with Crippen molar-refractivity contribution in [2.75, 3.05) is 0 Å². The van der Waals surface area contributed by atoms with Crippen molar-refractivity contribution in [1.82, 2.24) is 0 Å². The van der Waals surface area contributed by atoms with E-state index in [0.717, 1.165) is 22.0 Å². The molecule has 1 rings (SSSR count). The zero-order valence-electron chi connectivity index (χ0n) is 9.05. The molecule has 0 spiro atoms. The Balaban J connectivity index is 3.25. The first kappa shape index (κ1) is 12.2. The molecule has 0 aliphatic carbocycles. The van der Waals surface area contributed by atoms with Crippen LogP contribution < -0.4 is 5.73 Å². The fraction of sp³-hybridized carbons (Fsp3) is 0.417. The summed E-state index contributed by atoms with van der Waals surface area (Å²) in [4.78, 5) is 0. The normalized spacial score (nSPS) is 11.1. The van der Waals surface area contributed by atoms with Crippen LogP contribution in [0.4, 0.5) is 0 Å². The molecule has 0 saturated carbocycles. The second-order valence-electron chi connectivity index (χ2n) is 4.11. The van der Waals surface area contributed by atoms with E-state index in [1.54, 1.807) is 0 Å². The minimum atomic E-state index is -0.456. The summed E-state index contributed by atoms with van der Waals surface area (Å²) in [7, 11) is 0. The Bertz CT molecular complexity index is 369. The number of halogens is 1. The summed E-state index contributed by atoms with van der Waals surface area (Å²) in [6, 6.07) is 8.43. The predicted octanol–water partition coefficient (Wildman–Crippen LogP) is 2.84. The highest BCUT2D eigenvalue weighted by Gasteiger charge is 2.20. The number of hydrogen-bond donors (Lipinski definition) is 1. The molecule has 0 radical (unpaired) electrons. The van der Waals surface area contributed by atoms with Crippen LogP contribution in [0.1, 0.15) is 30.5 Å². The van der Waals surface area contributed by atoms with E-state index >= 15 is 0 Å². The number of hydrogen-bond acceptors (Lipinski definition) is 2. The van der Waals surface area contributed by atoms with Crippen LogP contribution in [0.3, 0.4) is 0 Å². The van der Waals surface area contributed by atoms with Crippen LogP contribution in [0.5, 0.6) is 0 Å². The molecular formula is C12H15BrN2. The standard InChI is InChI=1S/C12H15BrN2/c1-12(2,8-15)11-4-9(6-13)3-10(5-11)7-14/h3-5H,6-7,14H2,1-2H3. The molecule has 0 amide bonds. The van der Waals surface area contributed by atoms with E-state index in [9.17, 15) is 0 Å². The van der Waals surface area contributed by atoms with Gasteiger partial charge in [-0.05, 0) is 30.5 Å². The fourth-order valence-corrected chi connectivity index (χ4v) is 1.71. The zero-order chi connectivity index (χ0) is 11.5. The van der Waals surface area contributed by atoms with Gasteiger partial charge in [0, 0.05) is 11.9 Å². The zero-order valence-corrected chi connectivity index (χ0v) is 10.6. The van der Waals surface area contributed by atoms with Crippen LogP contribution in [0, 0.1) is 11.3 Å². The van der Waals surface area contributed by atoms with Crippen LogP contribution in [0.25, 0.3) is 0 Å². The smallest absolute Gasteiger partial charge is 0.0766 e. The quantitative estimate of drug-likeness (QED) is 0.856. The van der Waals surface area contributed by atoms with Gasteiger partial charge in [-0.15, -0.1) is 0 Å². The first-order chi connectivity index (χ1) is 7.03. The highest BCUT2D eigenvalue weighted by atomic mass is 79.9. The lowest BCUT2D eigenvalue weighted by molar-refractivity contribution is 0.684. The molecule has 0 aromatic heterocycles. The number of nitrogens with two attached hydrogens (primary N) is 1. The highest BCUT2D eigenvalue weighted by molar-refractivity contribution is 9.08. The van der Waals surface area contributed by atoms with Gasteiger partial charge in [-0.1, -0.05) is 34.1 Å². The third-order valence-electron chi connectivity index (χ3n) is 2.44. The van der Waals surface area contributed by atoms with Crippen molar-refractivity contribution >= 4 is 15.9 Å². The van der Waals surface area contributed by atoms with Crippen LogP contribution in [0.15, 0.2) is 18.2 Å². The van der Waals surface area contributed by atoms with Gasteiger partial charge in [0.2, 0.25) is 0 Å². The lowest BCUT2D eigenvalue weighted by atomic mass is 9.84. The maximum Gasteiger partial charge on any atom is 0.0766 e. The monoisotopic (exact) mass is 266 g/mol. The van der Waals surface area contributed by atoms with E-state index in [4.69, 9.17) is 11.0 Å². The third-order valence-corrected chi connectivity index (χ3v) is 3.09. The van der Waals surface area contributed by atoms with Gasteiger partial charge in [-0.3, -0.25) is 0 Å². The Kier molecular flexibility index (Phi) is 3.90. The largest absolute Gasteiger partial charge is 0.326 e. The summed E-state index contributed by atoms with van der Waals surface area (Å²) in [5.74, 6) is 0. The van der Waals surface area contributed by atoms with Crippen molar-refractivity contribution in [2.24, 2.45) is 5.73 Å². The minimum absolute atomic E-state index is 0.456. The van der Waals surface area contributed by atoms with Gasteiger partial charge in [0.15, 0.2) is 0 Å². The lowest BCUT2D eigenvalue weighted by Crippen LogP contribution is -2.15. The van der Waals surface area contributed by atoms with Crippen LogP contribution >= 0.6 is 15.9 Å². The number of alkyl halides is 1. The molecule has 15 heavy (non-hydrogen) atoms. The van der Waals surface area contributed by atoms with Crippen molar-refractivity contribution in [3.63, 3.8) is 0 Å². The Morgan fingerprint density at radius 3 is 2.40 bits per heavy atom. The van der Waals surface area contributed by atoms with Gasteiger partial charge in [-0.25, -0.2) is 0 Å². The highest BCUT2D eigenvalue weighted by Crippen LogP contribution is 2.25. The fourth-order valence-electron chi connectivity index (χ4n) is 1.38. The molecular weight excluding hydrogens is 252 g/mol. The second kappa shape index (κ2) is 4.78. The Labute approximate surface area is 99.2 Å². The van der Waals surface area contributed by atoms with Gasteiger partial charge in [0.1, 0.15) is 0 Å². The Hall–Kier alpha value is -0.850. The first-order valence-electron chi connectivity index (χ1n) is 4.84. The van der Waals surface area contributed by atoms with Crippen molar-refractivity contribution in [3.8, 4) is 6.07 Å². The molecule has 0 aliphatic rings. The summed E-state index contributed by atoms with van der Waals surface area (Å²) in [6.07, 6.45) is 0. The molecule has 0 fully saturated rings. The molecule has 80 valence electrons. The average Bonchev–Trinajstić information content (AvgIpc) is 2.28. The van der Waals surface area contributed by atoms with Crippen LogP contribution in [-0.4, -0.2) is 0 Å². The molecule has 0 saturated heterocycles. The molecule has 2 N–H and O–H groups in total. The number of nitriles is 1. The summed E-state index contributed by atoms with van der Waals surface area (Å²) in [5.41, 5.74) is 8.44. The van der Waals surface area contributed by atoms with Crippen LogP contribution in [-0.2, 0) is 17.3 Å². The summed E-state index contributed by atoms with van der Waals surface area (Å²) in [5, 5.41) is 9.87. The van der Waals surface area contributed by atoms with E-state index in [-0.39, 0.29) is 0 Å². The van der Waals surface area contributed by atoms with Crippen molar-refractivity contribution in [3.05, 3.63) is 34.9 Å². The topological polar surface area (TPSA) is 49.8 Å². The lowest BCUT2D eigenvalue weighted by Gasteiger charge is -2.18. The van der Waals surface area contributed by atoms with Crippen molar-refractivity contribution in [2.45, 2.75) is 31.1 Å². The summed E-state index contributed by atoms with van der Waals surface area (Å²) < 4.78 is 0.